The summed E-state index contributed by atoms with van der Waals surface area (Å²) in [6, 6.07) is 9.84. The predicted molar refractivity (Wildman–Crippen MR) is 74.3 cm³/mol. The van der Waals surface area contributed by atoms with E-state index in [9.17, 15) is 10.1 Å². The van der Waals surface area contributed by atoms with Gasteiger partial charge >= 0.3 is 5.69 Å². The molecule has 98 valence electrons. The van der Waals surface area contributed by atoms with Crippen molar-refractivity contribution in [3.05, 3.63) is 64.0 Å². The third-order valence-electron chi connectivity index (χ3n) is 2.81. The average molecular weight is 257 g/mol. The van der Waals surface area contributed by atoms with Crippen LogP contribution in [0, 0.1) is 17.0 Å². The molecule has 0 unspecified atom stereocenters. The molecule has 1 N–H and O–H groups in total. The van der Waals surface area contributed by atoms with Gasteiger partial charge in [-0.3, -0.25) is 15.1 Å². The molecule has 0 atom stereocenters. The zero-order chi connectivity index (χ0) is 13.7. The van der Waals surface area contributed by atoms with E-state index < -0.39 is 4.92 Å². The first-order valence-electron chi connectivity index (χ1n) is 6.04. The number of rotatable bonds is 5. The molecule has 0 bridgehead atoms. The largest absolute Gasteiger partial charge is 0.379 e. The Hall–Kier alpha value is -2.43. The van der Waals surface area contributed by atoms with Crippen molar-refractivity contribution >= 4 is 11.4 Å². The van der Waals surface area contributed by atoms with Gasteiger partial charge in [-0.15, -0.1) is 0 Å². The van der Waals surface area contributed by atoms with Crippen molar-refractivity contribution in [2.75, 3.05) is 11.9 Å². The smallest absolute Gasteiger partial charge is 0.310 e. The molecule has 19 heavy (non-hydrogen) atoms. The Labute approximate surface area is 111 Å². The van der Waals surface area contributed by atoms with E-state index in [0.717, 1.165) is 6.42 Å². The second kappa shape index (κ2) is 5.95. The lowest BCUT2D eigenvalue weighted by Gasteiger charge is -2.07. The van der Waals surface area contributed by atoms with Crippen molar-refractivity contribution in [2.45, 2.75) is 13.3 Å². The fraction of sp³-hybridized carbons (Fsp3) is 0.214. The Balaban J connectivity index is 1.98. The van der Waals surface area contributed by atoms with E-state index in [2.05, 4.69) is 22.4 Å². The van der Waals surface area contributed by atoms with Gasteiger partial charge in [0.05, 0.1) is 4.92 Å². The van der Waals surface area contributed by atoms with E-state index in [0.29, 0.717) is 12.2 Å². The first kappa shape index (κ1) is 13.0. The second-order valence-electron chi connectivity index (χ2n) is 4.32. The highest BCUT2D eigenvalue weighted by Crippen LogP contribution is 2.21. The Morgan fingerprint density at radius 2 is 2.21 bits per heavy atom. The molecule has 0 fully saturated rings. The summed E-state index contributed by atoms with van der Waals surface area (Å²) in [5, 5.41) is 13.9. The topological polar surface area (TPSA) is 68.1 Å². The molecular formula is C14H15N3O2. The van der Waals surface area contributed by atoms with E-state index in [1.807, 2.05) is 19.1 Å². The van der Waals surface area contributed by atoms with Crippen LogP contribution in [-0.4, -0.2) is 16.5 Å². The number of pyridine rings is 1. The summed E-state index contributed by atoms with van der Waals surface area (Å²) in [6.07, 6.45) is 3.62. The van der Waals surface area contributed by atoms with E-state index >= 15 is 0 Å². The number of nitrogens with one attached hydrogen (secondary N) is 1. The summed E-state index contributed by atoms with van der Waals surface area (Å²) >= 11 is 0. The Morgan fingerprint density at radius 3 is 2.95 bits per heavy atom. The molecule has 0 aliphatic carbocycles. The molecule has 1 aromatic heterocycles. The van der Waals surface area contributed by atoms with Crippen molar-refractivity contribution < 1.29 is 4.92 Å². The summed E-state index contributed by atoms with van der Waals surface area (Å²) in [5.41, 5.74) is 2.94. The average Bonchev–Trinajstić information content (AvgIpc) is 2.39. The maximum absolute atomic E-state index is 10.8. The second-order valence-corrected chi connectivity index (χ2v) is 4.32. The zero-order valence-corrected chi connectivity index (χ0v) is 10.7. The van der Waals surface area contributed by atoms with Gasteiger partial charge in [0.2, 0.25) is 0 Å². The summed E-state index contributed by atoms with van der Waals surface area (Å²) in [4.78, 5) is 14.2. The molecule has 0 aliphatic rings. The molecular weight excluding hydrogens is 242 g/mol. The molecule has 2 rings (SSSR count). The van der Waals surface area contributed by atoms with Crippen LogP contribution in [0.4, 0.5) is 11.4 Å². The molecule has 5 nitrogen and oxygen atoms in total. The van der Waals surface area contributed by atoms with Crippen molar-refractivity contribution in [2.24, 2.45) is 0 Å². The standard InChI is InChI=1S/C14H15N3O2/c1-11-3-2-4-12(9-11)5-8-16-13-6-7-15-10-14(13)17(18)19/h2-4,6-7,9-10H,5,8H2,1H3,(H,15,16). The number of benzene rings is 1. The van der Waals surface area contributed by atoms with Gasteiger partial charge in [-0.2, -0.15) is 0 Å². The predicted octanol–water partition coefficient (Wildman–Crippen LogP) is 2.95. The van der Waals surface area contributed by atoms with E-state index in [1.165, 1.54) is 17.3 Å². The maximum atomic E-state index is 10.8. The van der Waals surface area contributed by atoms with Gasteiger partial charge in [0, 0.05) is 12.7 Å². The monoisotopic (exact) mass is 257 g/mol. The Morgan fingerprint density at radius 1 is 1.37 bits per heavy atom. The van der Waals surface area contributed by atoms with Crippen LogP contribution in [-0.2, 0) is 6.42 Å². The lowest BCUT2D eigenvalue weighted by molar-refractivity contribution is -0.384. The van der Waals surface area contributed by atoms with Gasteiger partial charge in [0.25, 0.3) is 0 Å². The molecule has 0 amide bonds. The molecule has 0 saturated carbocycles. The van der Waals surface area contributed by atoms with Crippen LogP contribution >= 0.6 is 0 Å². The lowest BCUT2D eigenvalue weighted by Crippen LogP contribution is -2.07. The number of hydrogen-bond acceptors (Lipinski definition) is 4. The number of anilines is 1. The summed E-state index contributed by atoms with van der Waals surface area (Å²) in [7, 11) is 0. The van der Waals surface area contributed by atoms with Crippen LogP contribution < -0.4 is 5.32 Å². The van der Waals surface area contributed by atoms with Crippen molar-refractivity contribution in [3.8, 4) is 0 Å². The van der Waals surface area contributed by atoms with Gasteiger partial charge in [-0.05, 0) is 25.0 Å². The summed E-state index contributed by atoms with van der Waals surface area (Å²) in [6.45, 7) is 2.69. The summed E-state index contributed by atoms with van der Waals surface area (Å²) in [5.74, 6) is 0. The number of hydrogen-bond donors (Lipinski definition) is 1. The van der Waals surface area contributed by atoms with Crippen LogP contribution in [0.25, 0.3) is 0 Å². The Kier molecular flexibility index (Phi) is 4.07. The van der Waals surface area contributed by atoms with Gasteiger partial charge in [-0.25, -0.2) is 0 Å². The van der Waals surface area contributed by atoms with E-state index in [1.54, 1.807) is 12.3 Å². The number of aromatic nitrogens is 1. The van der Waals surface area contributed by atoms with Crippen molar-refractivity contribution in [3.63, 3.8) is 0 Å². The highest BCUT2D eigenvalue weighted by molar-refractivity contribution is 5.59. The third kappa shape index (κ3) is 3.51. The van der Waals surface area contributed by atoms with Crippen LogP contribution in [0.5, 0.6) is 0 Å². The fourth-order valence-corrected chi connectivity index (χ4v) is 1.89. The lowest BCUT2D eigenvalue weighted by atomic mass is 10.1. The fourth-order valence-electron chi connectivity index (χ4n) is 1.89. The van der Waals surface area contributed by atoms with Crippen molar-refractivity contribution in [1.82, 2.24) is 4.98 Å². The molecule has 0 spiro atoms. The van der Waals surface area contributed by atoms with Gasteiger partial charge in [-0.1, -0.05) is 29.8 Å². The summed E-state index contributed by atoms with van der Waals surface area (Å²) < 4.78 is 0. The van der Waals surface area contributed by atoms with Gasteiger partial charge < -0.3 is 5.32 Å². The minimum atomic E-state index is -0.429. The first-order chi connectivity index (χ1) is 9.16. The minimum absolute atomic E-state index is 0.00624. The minimum Gasteiger partial charge on any atom is -0.379 e. The third-order valence-corrected chi connectivity index (χ3v) is 2.81. The normalized spacial score (nSPS) is 10.2. The number of nitrogens with zero attached hydrogens (tertiary/aromatic N) is 2. The van der Waals surface area contributed by atoms with Crippen LogP contribution in [0.3, 0.4) is 0 Å². The van der Waals surface area contributed by atoms with Crippen LogP contribution in [0.1, 0.15) is 11.1 Å². The van der Waals surface area contributed by atoms with E-state index in [4.69, 9.17) is 0 Å². The zero-order valence-electron chi connectivity index (χ0n) is 10.7. The molecule has 0 saturated heterocycles. The molecule has 5 heteroatoms. The Bertz CT molecular complexity index is 584. The SMILES string of the molecule is Cc1cccc(CCNc2ccncc2[N+](=O)[O-])c1. The van der Waals surface area contributed by atoms with Gasteiger partial charge in [0.15, 0.2) is 0 Å². The van der Waals surface area contributed by atoms with Crippen molar-refractivity contribution in [1.29, 1.82) is 0 Å². The molecule has 0 aliphatic heterocycles. The highest BCUT2D eigenvalue weighted by Gasteiger charge is 2.12. The molecule has 1 heterocycles. The molecule has 0 radical (unpaired) electrons. The van der Waals surface area contributed by atoms with Gasteiger partial charge in [0.1, 0.15) is 11.9 Å². The maximum Gasteiger partial charge on any atom is 0.310 e. The number of nitro groups is 1. The molecule has 1 aromatic carbocycles. The first-order valence-corrected chi connectivity index (χ1v) is 6.04. The van der Waals surface area contributed by atoms with E-state index in [-0.39, 0.29) is 5.69 Å². The van der Waals surface area contributed by atoms with Crippen LogP contribution in [0.15, 0.2) is 42.7 Å². The van der Waals surface area contributed by atoms with Crippen LogP contribution in [0.2, 0.25) is 0 Å². The highest BCUT2D eigenvalue weighted by atomic mass is 16.6. The molecule has 2 aromatic rings. The number of aryl methyl sites for hydroxylation is 1. The quantitative estimate of drug-likeness (QED) is 0.660.